The molecule has 0 aliphatic carbocycles. The van der Waals surface area contributed by atoms with Crippen molar-refractivity contribution >= 4 is 0 Å². The fraction of sp³-hybridized carbons (Fsp3) is 1.00. The number of nitrogens with zero attached hydrogens (tertiary/aromatic N) is 1. The first-order valence-electron chi connectivity index (χ1n) is 3.96. The lowest BCUT2D eigenvalue weighted by atomic mass is 10.0. The van der Waals surface area contributed by atoms with Gasteiger partial charge in [0.15, 0.2) is 0 Å². The van der Waals surface area contributed by atoms with E-state index in [1.165, 1.54) is 6.42 Å². The second-order valence-corrected chi connectivity index (χ2v) is 3.35. The molecule has 0 spiro atoms. The van der Waals surface area contributed by atoms with Gasteiger partial charge in [0.1, 0.15) is 0 Å². The summed E-state index contributed by atoms with van der Waals surface area (Å²) in [5.74, 6) is 0.674. The van der Waals surface area contributed by atoms with Crippen LogP contribution in [0.3, 0.4) is 0 Å². The molecule has 0 aromatic carbocycles. The fourth-order valence-electron chi connectivity index (χ4n) is 2.31. The predicted octanol–water partition coefficient (Wildman–Crippen LogP) is 0.0209. The van der Waals surface area contributed by atoms with Crippen molar-refractivity contribution in [1.82, 2.24) is 5.06 Å². The van der Waals surface area contributed by atoms with Crippen LogP contribution in [0.15, 0.2) is 0 Å². The second-order valence-electron chi connectivity index (χ2n) is 3.35. The van der Waals surface area contributed by atoms with Crippen LogP contribution < -0.4 is 0 Å². The summed E-state index contributed by atoms with van der Waals surface area (Å²) in [6.45, 7) is 2.89. The van der Waals surface area contributed by atoms with Crippen LogP contribution in [0.1, 0.15) is 6.42 Å². The Morgan fingerprint density at radius 1 is 1.30 bits per heavy atom. The van der Waals surface area contributed by atoms with Gasteiger partial charge in [0.2, 0.25) is 0 Å². The second kappa shape index (κ2) is 1.72. The third kappa shape index (κ3) is 0.516. The van der Waals surface area contributed by atoms with Crippen LogP contribution in [-0.4, -0.2) is 37.0 Å². The maximum Gasteiger partial charge on any atom is 0.0771 e. The smallest absolute Gasteiger partial charge is 0.0771 e. The van der Waals surface area contributed by atoms with E-state index in [0.717, 1.165) is 19.8 Å². The first-order valence-corrected chi connectivity index (χ1v) is 3.96. The molecule has 0 bridgehead atoms. The van der Waals surface area contributed by atoms with E-state index in [0.29, 0.717) is 18.1 Å². The zero-order valence-corrected chi connectivity index (χ0v) is 5.82. The summed E-state index contributed by atoms with van der Waals surface area (Å²) in [5.41, 5.74) is 0. The van der Waals surface area contributed by atoms with Gasteiger partial charge in [-0.3, -0.25) is 4.84 Å². The van der Waals surface area contributed by atoms with Gasteiger partial charge in [0, 0.05) is 12.5 Å². The topological polar surface area (TPSA) is 21.7 Å². The zero-order chi connectivity index (χ0) is 6.55. The summed E-state index contributed by atoms with van der Waals surface area (Å²) in [6, 6.07) is 0.611. The largest absolute Gasteiger partial charge is 0.376 e. The Morgan fingerprint density at radius 3 is 3.30 bits per heavy atom. The Balaban J connectivity index is 1.94. The molecule has 3 heterocycles. The van der Waals surface area contributed by atoms with E-state index in [9.17, 15) is 0 Å². The molecule has 0 unspecified atom stereocenters. The summed E-state index contributed by atoms with van der Waals surface area (Å²) in [5, 5.41) is 2.11. The summed E-state index contributed by atoms with van der Waals surface area (Å²) < 4.78 is 5.59. The molecular weight excluding hydrogens is 130 g/mol. The number of hydroxylamine groups is 2. The van der Waals surface area contributed by atoms with Crippen molar-refractivity contribution < 1.29 is 9.57 Å². The average molecular weight is 141 g/mol. The monoisotopic (exact) mass is 141 g/mol. The van der Waals surface area contributed by atoms with Gasteiger partial charge < -0.3 is 4.74 Å². The van der Waals surface area contributed by atoms with E-state index in [1.807, 2.05) is 0 Å². The molecule has 10 heavy (non-hydrogen) atoms. The molecule has 0 aromatic heterocycles. The fourth-order valence-corrected chi connectivity index (χ4v) is 2.31. The number of hydrogen-bond donors (Lipinski definition) is 0. The molecule has 3 heteroatoms. The first-order chi connectivity index (χ1) is 4.95. The molecular formula is C7H11NO2. The Hall–Kier alpha value is -0.120. The molecule has 3 atom stereocenters. The summed E-state index contributed by atoms with van der Waals surface area (Å²) in [4.78, 5) is 5.46. The van der Waals surface area contributed by atoms with Crippen molar-refractivity contribution in [3.63, 3.8) is 0 Å². The average Bonchev–Trinajstić information content (AvgIpc) is 2.56. The lowest BCUT2D eigenvalue weighted by Crippen LogP contribution is -2.28. The lowest BCUT2D eigenvalue weighted by Gasteiger charge is -2.12. The van der Waals surface area contributed by atoms with Crippen LogP contribution in [0.4, 0.5) is 0 Å². The minimum Gasteiger partial charge on any atom is -0.376 e. The van der Waals surface area contributed by atoms with E-state index in [2.05, 4.69) is 5.06 Å². The van der Waals surface area contributed by atoms with Crippen molar-refractivity contribution in [3.05, 3.63) is 0 Å². The standard InChI is InChI=1S/C7H11NO2/c1-2-8-7-5(4-10-8)3-9-6(1)7/h5-7H,1-4H2/t5-,6+,7+/m1/s1. The molecule has 0 saturated carbocycles. The van der Waals surface area contributed by atoms with Crippen molar-refractivity contribution in [1.29, 1.82) is 0 Å². The van der Waals surface area contributed by atoms with E-state index in [-0.39, 0.29) is 0 Å². The summed E-state index contributed by atoms with van der Waals surface area (Å²) in [7, 11) is 0. The van der Waals surface area contributed by atoms with E-state index >= 15 is 0 Å². The molecule has 3 aliphatic heterocycles. The zero-order valence-electron chi connectivity index (χ0n) is 5.82. The van der Waals surface area contributed by atoms with Gasteiger partial charge in [0.25, 0.3) is 0 Å². The van der Waals surface area contributed by atoms with Gasteiger partial charge in [0.05, 0.1) is 25.4 Å². The van der Waals surface area contributed by atoms with Crippen LogP contribution in [0.25, 0.3) is 0 Å². The van der Waals surface area contributed by atoms with Gasteiger partial charge in [-0.1, -0.05) is 0 Å². The highest BCUT2D eigenvalue weighted by Crippen LogP contribution is 2.37. The lowest BCUT2D eigenvalue weighted by molar-refractivity contribution is -0.122. The molecule has 3 saturated heterocycles. The van der Waals surface area contributed by atoms with E-state index in [4.69, 9.17) is 9.57 Å². The van der Waals surface area contributed by atoms with Crippen LogP contribution >= 0.6 is 0 Å². The van der Waals surface area contributed by atoms with Crippen molar-refractivity contribution in [2.45, 2.75) is 18.6 Å². The van der Waals surface area contributed by atoms with Crippen molar-refractivity contribution in [2.75, 3.05) is 19.8 Å². The van der Waals surface area contributed by atoms with Gasteiger partial charge >= 0.3 is 0 Å². The highest BCUT2D eigenvalue weighted by atomic mass is 16.7. The molecule has 56 valence electrons. The Morgan fingerprint density at radius 2 is 2.30 bits per heavy atom. The van der Waals surface area contributed by atoms with Crippen molar-refractivity contribution in [2.24, 2.45) is 5.92 Å². The minimum absolute atomic E-state index is 0.493. The molecule has 3 rings (SSSR count). The number of rotatable bonds is 0. The highest BCUT2D eigenvalue weighted by molar-refractivity contribution is 4.96. The third-order valence-electron chi connectivity index (χ3n) is 2.81. The van der Waals surface area contributed by atoms with E-state index in [1.54, 1.807) is 0 Å². The SMILES string of the molecule is C1O[C@H]2CCN3OC[C@@H]1[C@@H]23. The molecule has 0 radical (unpaired) electrons. The molecule has 0 amide bonds. The highest BCUT2D eigenvalue weighted by Gasteiger charge is 2.50. The minimum atomic E-state index is 0.493. The maximum atomic E-state index is 5.59. The number of hydrogen-bond acceptors (Lipinski definition) is 3. The summed E-state index contributed by atoms with van der Waals surface area (Å²) in [6.07, 6.45) is 1.66. The third-order valence-corrected chi connectivity index (χ3v) is 2.81. The van der Waals surface area contributed by atoms with Crippen LogP contribution in [0.2, 0.25) is 0 Å². The molecule has 0 aromatic rings. The first kappa shape index (κ1) is 5.52. The quantitative estimate of drug-likeness (QED) is 0.474. The normalized spacial score (nSPS) is 52.2. The number of ether oxygens (including phenoxy) is 1. The van der Waals surface area contributed by atoms with Gasteiger partial charge in [-0.05, 0) is 6.42 Å². The molecule has 3 fully saturated rings. The van der Waals surface area contributed by atoms with Gasteiger partial charge in [-0.25, -0.2) is 0 Å². The Bertz CT molecular complexity index is 121. The molecule has 0 N–H and O–H groups in total. The van der Waals surface area contributed by atoms with Crippen molar-refractivity contribution in [3.8, 4) is 0 Å². The van der Waals surface area contributed by atoms with Gasteiger partial charge in [-0.2, -0.15) is 5.06 Å². The van der Waals surface area contributed by atoms with Crippen LogP contribution in [0, 0.1) is 5.92 Å². The Labute approximate surface area is 59.9 Å². The van der Waals surface area contributed by atoms with Gasteiger partial charge in [-0.15, -0.1) is 0 Å². The van der Waals surface area contributed by atoms with Crippen LogP contribution in [0.5, 0.6) is 0 Å². The predicted molar refractivity (Wildman–Crippen MR) is 34.3 cm³/mol. The van der Waals surface area contributed by atoms with E-state index < -0.39 is 0 Å². The molecule has 3 nitrogen and oxygen atoms in total. The van der Waals surface area contributed by atoms with Crippen LogP contribution in [-0.2, 0) is 9.57 Å². The summed E-state index contributed by atoms with van der Waals surface area (Å²) >= 11 is 0. The molecule has 3 aliphatic rings. The Kier molecular flexibility index (Phi) is 0.952. The maximum absolute atomic E-state index is 5.59.